The fourth-order valence-electron chi connectivity index (χ4n) is 4.47. The highest BCUT2D eigenvalue weighted by Gasteiger charge is 2.32. The predicted molar refractivity (Wildman–Crippen MR) is 142 cm³/mol. The Labute approximate surface area is 204 Å². The van der Waals surface area contributed by atoms with Crippen molar-refractivity contribution in [3.05, 3.63) is 75.7 Å². The molecule has 4 nitrogen and oxygen atoms in total. The molecule has 6 heteroatoms. The van der Waals surface area contributed by atoms with Gasteiger partial charge in [0.1, 0.15) is 10.1 Å². The van der Waals surface area contributed by atoms with Gasteiger partial charge in [-0.15, -0.1) is 0 Å². The van der Waals surface area contributed by atoms with Gasteiger partial charge in [0, 0.05) is 24.0 Å². The van der Waals surface area contributed by atoms with E-state index in [2.05, 4.69) is 67.3 Å². The summed E-state index contributed by atoms with van der Waals surface area (Å²) in [6, 6.07) is 16.7. The maximum atomic E-state index is 13.3. The number of carbonyl (C=O) groups is 1. The Morgan fingerprint density at radius 2 is 1.82 bits per heavy atom. The number of aryl methyl sites for hydroxylation is 2. The maximum Gasteiger partial charge on any atom is 0.266 e. The fraction of sp³-hybridized carbons (Fsp3) is 0.296. The third kappa shape index (κ3) is 4.55. The van der Waals surface area contributed by atoms with Crippen LogP contribution in [-0.2, 0) is 11.3 Å². The third-order valence-corrected chi connectivity index (χ3v) is 7.71. The molecular weight excluding hydrogens is 446 g/mol. The van der Waals surface area contributed by atoms with Crippen LogP contribution in [0, 0.1) is 13.8 Å². The van der Waals surface area contributed by atoms with Crippen LogP contribution in [-0.4, -0.2) is 33.2 Å². The molecule has 0 unspecified atom stereocenters. The summed E-state index contributed by atoms with van der Waals surface area (Å²) in [6.45, 7) is 6.66. The van der Waals surface area contributed by atoms with Gasteiger partial charge >= 0.3 is 0 Å². The number of aromatic nitrogens is 1. The van der Waals surface area contributed by atoms with Crippen LogP contribution in [0.3, 0.4) is 0 Å². The zero-order valence-electron chi connectivity index (χ0n) is 19.0. The molecule has 2 aliphatic heterocycles. The zero-order valence-corrected chi connectivity index (χ0v) is 20.6. The Kier molecular flexibility index (Phi) is 6.21. The van der Waals surface area contributed by atoms with E-state index < -0.39 is 0 Å². The number of piperidine rings is 1. The molecule has 0 N–H and O–H groups in total. The summed E-state index contributed by atoms with van der Waals surface area (Å²) >= 11 is 6.97. The normalized spacial score (nSPS) is 18.1. The molecule has 168 valence electrons. The second-order valence-electron chi connectivity index (χ2n) is 8.85. The fourth-order valence-corrected chi connectivity index (χ4v) is 5.72. The van der Waals surface area contributed by atoms with Gasteiger partial charge in [0.2, 0.25) is 0 Å². The second-order valence-corrected chi connectivity index (χ2v) is 10.5. The molecular formula is C27H27N3OS2. The largest absolute Gasteiger partial charge is 0.356 e. The second kappa shape index (κ2) is 9.27. The number of benzene rings is 2. The SMILES string of the molecule is Cc1ccc(CN2C(=O)/C(=C/c3cc4cccc(C)c4nc3N3CCCCC3)SC2=S)cc1. The summed E-state index contributed by atoms with van der Waals surface area (Å²) in [7, 11) is 0. The van der Waals surface area contributed by atoms with Gasteiger partial charge in [0.15, 0.2) is 0 Å². The summed E-state index contributed by atoms with van der Waals surface area (Å²) in [4.78, 5) is 23.1. The number of nitrogens with zero attached hydrogens (tertiary/aromatic N) is 3. The average Bonchev–Trinajstić information content (AvgIpc) is 3.08. The van der Waals surface area contributed by atoms with Crippen LogP contribution in [0.5, 0.6) is 0 Å². The standard InChI is InChI=1S/C27H27N3OS2/c1-18-9-11-20(12-10-18)17-30-26(31)23(33-27(30)32)16-22-15-21-8-6-7-19(2)24(21)28-25(22)29-13-4-3-5-14-29/h6-12,15-16H,3-5,13-14,17H2,1-2H3/b23-16-. The minimum atomic E-state index is -0.0282. The van der Waals surface area contributed by atoms with Crippen LogP contribution in [0.1, 0.15) is 41.5 Å². The molecule has 0 bridgehead atoms. The molecule has 2 saturated heterocycles. The van der Waals surface area contributed by atoms with Crippen LogP contribution in [0.4, 0.5) is 5.82 Å². The Morgan fingerprint density at radius 1 is 1.06 bits per heavy atom. The number of amides is 1. The first-order valence-corrected chi connectivity index (χ1v) is 12.7. The molecule has 5 rings (SSSR count). The highest BCUT2D eigenvalue weighted by molar-refractivity contribution is 8.26. The Balaban J connectivity index is 1.51. The van der Waals surface area contributed by atoms with E-state index in [1.54, 1.807) is 4.90 Å². The van der Waals surface area contributed by atoms with Crippen molar-refractivity contribution in [1.82, 2.24) is 9.88 Å². The molecule has 3 heterocycles. The van der Waals surface area contributed by atoms with Crippen LogP contribution < -0.4 is 4.90 Å². The lowest BCUT2D eigenvalue weighted by Gasteiger charge is -2.29. The maximum absolute atomic E-state index is 13.3. The summed E-state index contributed by atoms with van der Waals surface area (Å²) in [5, 5.41) is 1.09. The smallest absolute Gasteiger partial charge is 0.266 e. The number of thioether (sulfide) groups is 1. The number of pyridine rings is 1. The number of para-hydroxylation sites is 1. The first-order valence-electron chi connectivity index (χ1n) is 11.5. The highest BCUT2D eigenvalue weighted by Crippen LogP contribution is 2.36. The topological polar surface area (TPSA) is 36.4 Å². The summed E-state index contributed by atoms with van der Waals surface area (Å²) in [6.07, 6.45) is 5.60. The summed E-state index contributed by atoms with van der Waals surface area (Å²) in [5.41, 5.74) is 5.47. The van der Waals surface area contributed by atoms with Crippen molar-refractivity contribution in [2.75, 3.05) is 18.0 Å². The lowest BCUT2D eigenvalue weighted by molar-refractivity contribution is -0.122. The number of fused-ring (bicyclic) bond motifs is 1. The van der Waals surface area contributed by atoms with E-state index in [1.165, 1.54) is 42.2 Å². The molecule has 0 spiro atoms. The molecule has 0 radical (unpaired) electrons. The van der Waals surface area contributed by atoms with Crippen molar-refractivity contribution >= 4 is 57.0 Å². The van der Waals surface area contributed by atoms with Gasteiger partial charge in [0.05, 0.1) is 17.0 Å². The van der Waals surface area contributed by atoms with Crippen LogP contribution in [0.25, 0.3) is 17.0 Å². The van der Waals surface area contributed by atoms with Crippen LogP contribution in [0.15, 0.2) is 53.4 Å². The molecule has 2 aliphatic rings. The van der Waals surface area contributed by atoms with E-state index in [1.807, 2.05) is 6.08 Å². The summed E-state index contributed by atoms with van der Waals surface area (Å²) in [5.74, 6) is 0.944. The van der Waals surface area contributed by atoms with Gasteiger partial charge in [-0.3, -0.25) is 9.69 Å². The molecule has 0 saturated carbocycles. The lowest BCUT2D eigenvalue weighted by atomic mass is 10.1. The number of hydrogen-bond donors (Lipinski definition) is 0. The minimum Gasteiger partial charge on any atom is -0.356 e. The van der Waals surface area contributed by atoms with E-state index in [0.29, 0.717) is 15.8 Å². The molecule has 2 aromatic carbocycles. The molecule has 3 aromatic rings. The molecule has 33 heavy (non-hydrogen) atoms. The van der Waals surface area contributed by atoms with Crippen molar-refractivity contribution in [2.24, 2.45) is 0 Å². The van der Waals surface area contributed by atoms with Crippen molar-refractivity contribution < 1.29 is 4.79 Å². The Morgan fingerprint density at radius 3 is 2.58 bits per heavy atom. The number of carbonyl (C=O) groups excluding carboxylic acids is 1. The molecule has 1 amide bonds. The van der Waals surface area contributed by atoms with Crippen molar-refractivity contribution in [2.45, 2.75) is 39.7 Å². The number of anilines is 1. The molecule has 0 atom stereocenters. The molecule has 2 fully saturated rings. The van der Waals surface area contributed by atoms with Crippen LogP contribution in [0.2, 0.25) is 0 Å². The highest BCUT2D eigenvalue weighted by atomic mass is 32.2. The average molecular weight is 474 g/mol. The van der Waals surface area contributed by atoms with E-state index in [9.17, 15) is 4.79 Å². The van der Waals surface area contributed by atoms with E-state index in [0.717, 1.165) is 40.9 Å². The van der Waals surface area contributed by atoms with Crippen molar-refractivity contribution in [3.8, 4) is 0 Å². The third-order valence-electron chi connectivity index (χ3n) is 6.33. The number of hydrogen-bond acceptors (Lipinski definition) is 5. The van der Waals surface area contributed by atoms with Crippen LogP contribution >= 0.6 is 24.0 Å². The van der Waals surface area contributed by atoms with Gasteiger partial charge in [-0.2, -0.15) is 0 Å². The van der Waals surface area contributed by atoms with E-state index in [4.69, 9.17) is 17.2 Å². The van der Waals surface area contributed by atoms with Crippen molar-refractivity contribution in [1.29, 1.82) is 0 Å². The quantitative estimate of drug-likeness (QED) is 0.331. The van der Waals surface area contributed by atoms with Gasteiger partial charge in [-0.05, 0) is 56.4 Å². The minimum absolute atomic E-state index is 0.0282. The zero-order chi connectivity index (χ0) is 22.9. The Hall–Kier alpha value is -2.70. The van der Waals surface area contributed by atoms with E-state index >= 15 is 0 Å². The van der Waals surface area contributed by atoms with Gasteiger partial charge in [-0.1, -0.05) is 72.0 Å². The van der Waals surface area contributed by atoms with Gasteiger partial charge < -0.3 is 4.90 Å². The number of rotatable bonds is 4. The number of thiocarbonyl (C=S) groups is 1. The predicted octanol–water partition coefficient (Wildman–Crippen LogP) is 6.24. The van der Waals surface area contributed by atoms with E-state index in [-0.39, 0.29) is 5.91 Å². The monoisotopic (exact) mass is 473 g/mol. The first kappa shape index (κ1) is 22.1. The Bertz CT molecular complexity index is 1260. The van der Waals surface area contributed by atoms with Gasteiger partial charge in [-0.25, -0.2) is 4.98 Å². The molecule has 1 aromatic heterocycles. The van der Waals surface area contributed by atoms with Gasteiger partial charge in [0.25, 0.3) is 5.91 Å². The summed E-state index contributed by atoms with van der Waals surface area (Å²) < 4.78 is 0.607. The first-order chi connectivity index (χ1) is 16.0. The lowest BCUT2D eigenvalue weighted by Crippen LogP contribution is -2.31. The molecule has 0 aliphatic carbocycles. The van der Waals surface area contributed by atoms with Crippen molar-refractivity contribution in [3.63, 3.8) is 0 Å².